The van der Waals surface area contributed by atoms with Gasteiger partial charge in [0.05, 0.1) is 19.3 Å². The van der Waals surface area contributed by atoms with Gasteiger partial charge in [-0.1, -0.05) is 25.1 Å². The molecular weight excluding hydrogens is 413 g/mol. The van der Waals surface area contributed by atoms with Gasteiger partial charge in [-0.25, -0.2) is 0 Å². The molecule has 2 amide bonds. The molecule has 0 aromatic heterocycles. The van der Waals surface area contributed by atoms with Crippen molar-refractivity contribution in [1.82, 2.24) is 10.9 Å². The molecule has 0 aliphatic heterocycles. The topological polar surface area (TPSA) is 76.7 Å². The maximum Gasteiger partial charge on any atom is 0.416 e. The molecule has 166 valence electrons. The van der Waals surface area contributed by atoms with Crippen LogP contribution in [-0.2, 0) is 11.0 Å². The van der Waals surface area contributed by atoms with Crippen molar-refractivity contribution < 1.29 is 32.2 Å². The van der Waals surface area contributed by atoms with Gasteiger partial charge in [0.2, 0.25) is 5.91 Å². The quantitative estimate of drug-likeness (QED) is 0.642. The lowest BCUT2D eigenvalue weighted by molar-refractivity contribution is -0.138. The molecule has 0 radical (unpaired) electrons. The summed E-state index contributed by atoms with van der Waals surface area (Å²) < 4.78 is 50.3. The third kappa shape index (κ3) is 5.28. The molecule has 9 heteroatoms. The molecule has 2 atom stereocenters. The Morgan fingerprint density at radius 2 is 1.84 bits per heavy atom. The summed E-state index contributed by atoms with van der Waals surface area (Å²) in [5.41, 5.74) is 4.17. The Morgan fingerprint density at radius 1 is 1.10 bits per heavy atom. The molecule has 1 aliphatic rings. The molecule has 0 saturated heterocycles. The molecule has 1 fully saturated rings. The number of carbonyl (C=O) groups is 2. The maximum atomic E-state index is 13.2. The van der Waals surface area contributed by atoms with Gasteiger partial charge in [-0.2, -0.15) is 13.2 Å². The first kappa shape index (κ1) is 22.5. The minimum atomic E-state index is -4.49. The van der Waals surface area contributed by atoms with Gasteiger partial charge in [-0.15, -0.1) is 0 Å². The highest BCUT2D eigenvalue weighted by molar-refractivity contribution is 5.96. The molecule has 2 unspecified atom stereocenters. The minimum Gasteiger partial charge on any atom is -0.493 e. The van der Waals surface area contributed by atoms with Crippen molar-refractivity contribution in [3.05, 3.63) is 59.2 Å². The van der Waals surface area contributed by atoms with Gasteiger partial charge >= 0.3 is 6.18 Å². The second-order valence-corrected chi connectivity index (χ2v) is 7.19. The third-order valence-corrected chi connectivity index (χ3v) is 4.98. The number of rotatable bonds is 7. The number of hydrogen-bond donors (Lipinski definition) is 2. The second kappa shape index (κ2) is 9.28. The number of methoxy groups -OCH3 is 1. The molecular formula is C22H23F3N2O4. The maximum absolute atomic E-state index is 13.2. The van der Waals surface area contributed by atoms with Crippen LogP contribution >= 0.6 is 0 Å². The zero-order valence-electron chi connectivity index (χ0n) is 17.1. The van der Waals surface area contributed by atoms with Crippen molar-refractivity contribution in [3.8, 4) is 11.5 Å². The van der Waals surface area contributed by atoms with Gasteiger partial charge in [0.1, 0.15) is 0 Å². The fourth-order valence-corrected chi connectivity index (χ4v) is 3.33. The lowest BCUT2D eigenvalue weighted by Crippen LogP contribution is -2.42. The van der Waals surface area contributed by atoms with E-state index in [0.717, 1.165) is 12.5 Å². The molecule has 31 heavy (non-hydrogen) atoms. The van der Waals surface area contributed by atoms with E-state index in [1.165, 1.54) is 37.4 Å². The molecule has 0 heterocycles. The van der Waals surface area contributed by atoms with Crippen LogP contribution in [0.3, 0.4) is 0 Å². The number of hydrogen-bond acceptors (Lipinski definition) is 4. The summed E-state index contributed by atoms with van der Waals surface area (Å²) in [6, 6.07) is 9.81. The first-order valence-corrected chi connectivity index (χ1v) is 9.83. The standard InChI is InChI=1S/C22H23F3N2O4/c1-3-10-31-18-9-8-13(11-19(18)30-2)20(28)26-27-21(29)16-12-15(16)14-6-4-5-7-17(14)22(23,24)25/h4-9,11,15-16H,3,10,12H2,1-2H3,(H,26,28)(H,27,29). The first-order chi connectivity index (χ1) is 14.8. The van der Waals surface area contributed by atoms with E-state index >= 15 is 0 Å². The molecule has 0 bridgehead atoms. The zero-order chi connectivity index (χ0) is 22.6. The van der Waals surface area contributed by atoms with E-state index in [1.807, 2.05) is 6.92 Å². The van der Waals surface area contributed by atoms with E-state index in [2.05, 4.69) is 10.9 Å². The Hall–Kier alpha value is -3.23. The number of hydrazine groups is 1. The monoisotopic (exact) mass is 436 g/mol. The largest absolute Gasteiger partial charge is 0.493 e. The Kier molecular flexibility index (Phi) is 6.72. The summed E-state index contributed by atoms with van der Waals surface area (Å²) >= 11 is 0. The van der Waals surface area contributed by atoms with Crippen LogP contribution in [-0.4, -0.2) is 25.5 Å². The van der Waals surface area contributed by atoms with Crippen LogP contribution in [0.2, 0.25) is 0 Å². The summed E-state index contributed by atoms with van der Waals surface area (Å²) in [4.78, 5) is 24.7. The third-order valence-electron chi connectivity index (χ3n) is 4.98. The summed E-state index contributed by atoms with van der Waals surface area (Å²) in [5.74, 6) is -1.42. The van der Waals surface area contributed by atoms with Crippen molar-refractivity contribution >= 4 is 11.8 Å². The highest BCUT2D eigenvalue weighted by atomic mass is 19.4. The molecule has 6 nitrogen and oxygen atoms in total. The van der Waals surface area contributed by atoms with Crippen LogP contribution < -0.4 is 20.3 Å². The number of nitrogens with one attached hydrogen (secondary N) is 2. The van der Waals surface area contributed by atoms with E-state index in [9.17, 15) is 22.8 Å². The van der Waals surface area contributed by atoms with Gasteiger partial charge in [0.15, 0.2) is 11.5 Å². The summed E-state index contributed by atoms with van der Waals surface area (Å²) in [5, 5.41) is 0. The highest BCUT2D eigenvalue weighted by Crippen LogP contribution is 2.50. The molecule has 1 saturated carbocycles. The Balaban J connectivity index is 1.59. The first-order valence-electron chi connectivity index (χ1n) is 9.83. The number of halogens is 3. The minimum absolute atomic E-state index is 0.0916. The smallest absolute Gasteiger partial charge is 0.416 e. The Labute approximate surface area is 177 Å². The van der Waals surface area contributed by atoms with Crippen LogP contribution in [0, 0.1) is 5.92 Å². The molecule has 2 N–H and O–H groups in total. The lowest BCUT2D eigenvalue weighted by Gasteiger charge is -2.13. The van der Waals surface area contributed by atoms with Gasteiger partial charge in [-0.3, -0.25) is 20.4 Å². The number of alkyl halides is 3. The van der Waals surface area contributed by atoms with Gasteiger partial charge < -0.3 is 9.47 Å². The predicted octanol–water partition coefficient (Wildman–Crippen LogP) is 4.07. The fraction of sp³-hybridized carbons (Fsp3) is 0.364. The molecule has 1 aliphatic carbocycles. The molecule has 2 aromatic rings. The SMILES string of the molecule is CCCOc1ccc(C(=O)NNC(=O)C2CC2c2ccccc2C(F)(F)F)cc1OC. The zero-order valence-corrected chi connectivity index (χ0v) is 17.1. The molecule has 0 spiro atoms. The normalized spacial score (nSPS) is 17.6. The average Bonchev–Trinajstić information content (AvgIpc) is 3.56. The summed E-state index contributed by atoms with van der Waals surface area (Å²) in [7, 11) is 1.45. The average molecular weight is 436 g/mol. The molecule has 3 rings (SSSR count). The Bertz CT molecular complexity index is 962. The number of carbonyl (C=O) groups excluding carboxylic acids is 2. The Morgan fingerprint density at radius 3 is 2.52 bits per heavy atom. The van der Waals surface area contributed by atoms with Crippen molar-refractivity contribution in [3.63, 3.8) is 0 Å². The van der Waals surface area contributed by atoms with Gasteiger partial charge in [-0.05, 0) is 48.6 Å². The van der Waals surface area contributed by atoms with Crippen LogP contribution in [0.4, 0.5) is 13.2 Å². The predicted molar refractivity (Wildman–Crippen MR) is 107 cm³/mol. The van der Waals surface area contributed by atoms with E-state index < -0.39 is 35.4 Å². The number of benzene rings is 2. The van der Waals surface area contributed by atoms with Crippen LogP contribution in [0.1, 0.15) is 47.2 Å². The van der Waals surface area contributed by atoms with E-state index in [4.69, 9.17) is 9.47 Å². The van der Waals surface area contributed by atoms with E-state index in [0.29, 0.717) is 18.1 Å². The molecule has 2 aromatic carbocycles. The van der Waals surface area contributed by atoms with Crippen LogP contribution in [0.25, 0.3) is 0 Å². The van der Waals surface area contributed by atoms with Crippen molar-refractivity contribution in [1.29, 1.82) is 0 Å². The lowest BCUT2D eigenvalue weighted by atomic mass is 10.0. The number of ether oxygens (including phenoxy) is 2. The fourth-order valence-electron chi connectivity index (χ4n) is 3.33. The van der Waals surface area contributed by atoms with Crippen LogP contribution in [0.5, 0.6) is 11.5 Å². The van der Waals surface area contributed by atoms with Gasteiger partial charge in [0, 0.05) is 11.5 Å². The van der Waals surface area contributed by atoms with Crippen molar-refractivity contribution in [2.45, 2.75) is 31.9 Å². The van der Waals surface area contributed by atoms with E-state index in [1.54, 1.807) is 6.07 Å². The van der Waals surface area contributed by atoms with Gasteiger partial charge in [0.25, 0.3) is 5.91 Å². The second-order valence-electron chi connectivity index (χ2n) is 7.19. The van der Waals surface area contributed by atoms with Crippen molar-refractivity contribution in [2.75, 3.05) is 13.7 Å². The summed E-state index contributed by atoms with van der Waals surface area (Å²) in [6.45, 7) is 2.46. The van der Waals surface area contributed by atoms with Crippen LogP contribution in [0.15, 0.2) is 42.5 Å². The van der Waals surface area contributed by atoms with E-state index in [-0.39, 0.29) is 17.5 Å². The number of amides is 2. The summed E-state index contributed by atoms with van der Waals surface area (Å²) in [6.07, 6.45) is -3.39. The van der Waals surface area contributed by atoms with Crippen molar-refractivity contribution in [2.24, 2.45) is 5.92 Å². The highest BCUT2D eigenvalue weighted by Gasteiger charge is 2.47.